The lowest BCUT2D eigenvalue weighted by Crippen LogP contribution is -2.32. The molecule has 0 fully saturated rings. The number of amides is 2. The molecule has 1 aliphatic heterocycles. The van der Waals surface area contributed by atoms with Crippen LogP contribution in [0.2, 0.25) is 0 Å². The zero-order valence-electron chi connectivity index (χ0n) is 12.3. The molecule has 7 heteroatoms. The van der Waals surface area contributed by atoms with Crippen LogP contribution >= 0.6 is 0 Å². The summed E-state index contributed by atoms with van der Waals surface area (Å²) in [4.78, 5) is 15.1. The Balaban J connectivity index is 1.71. The third kappa shape index (κ3) is 3.19. The Bertz CT molecular complexity index is 683. The zero-order chi connectivity index (χ0) is 15.5. The van der Waals surface area contributed by atoms with E-state index in [0.29, 0.717) is 18.1 Å². The van der Waals surface area contributed by atoms with Gasteiger partial charge >= 0.3 is 6.03 Å². The first-order chi connectivity index (χ1) is 10.6. The Morgan fingerprint density at radius 1 is 1.50 bits per heavy atom. The van der Waals surface area contributed by atoms with Crippen molar-refractivity contribution in [2.45, 2.75) is 32.2 Å². The van der Waals surface area contributed by atoms with Crippen molar-refractivity contribution in [3.8, 4) is 5.75 Å². The van der Waals surface area contributed by atoms with Crippen LogP contribution in [0.5, 0.6) is 5.75 Å². The van der Waals surface area contributed by atoms with Gasteiger partial charge in [0.05, 0.1) is 19.1 Å². The van der Waals surface area contributed by atoms with E-state index >= 15 is 0 Å². The summed E-state index contributed by atoms with van der Waals surface area (Å²) in [5.41, 5.74) is 7.39. The number of hydrogen-bond acceptors (Lipinski definition) is 5. The van der Waals surface area contributed by atoms with Gasteiger partial charge in [-0.3, -0.25) is 0 Å². The van der Waals surface area contributed by atoms with Crippen molar-refractivity contribution in [3.05, 3.63) is 41.0 Å². The molecule has 22 heavy (non-hydrogen) atoms. The number of urea groups is 1. The summed E-state index contributed by atoms with van der Waals surface area (Å²) in [5.74, 6) is 1.88. The van der Waals surface area contributed by atoms with Gasteiger partial charge in [-0.15, -0.1) is 0 Å². The van der Waals surface area contributed by atoms with E-state index in [2.05, 4.69) is 21.5 Å². The van der Waals surface area contributed by atoms with E-state index in [1.807, 2.05) is 12.1 Å². The largest absolute Gasteiger partial charge is 0.493 e. The number of rotatable bonds is 4. The number of nitrogens with two attached hydrogens (primary N) is 1. The summed E-state index contributed by atoms with van der Waals surface area (Å²) in [6.07, 6.45) is 2.61. The molecular weight excluding hydrogens is 284 g/mol. The van der Waals surface area contributed by atoms with Gasteiger partial charge in [0.1, 0.15) is 5.75 Å². The molecule has 1 atom stereocenters. The molecule has 7 nitrogen and oxygen atoms in total. The number of carbonyl (C=O) groups is 1. The van der Waals surface area contributed by atoms with Crippen molar-refractivity contribution in [1.82, 2.24) is 15.5 Å². The topological polar surface area (TPSA) is 103 Å². The fourth-order valence-corrected chi connectivity index (χ4v) is 2.49. The summed E-state index contributed by atoms with van der Waals surface area (Å²) < 4.78 is 10.8. The minimum Gasteiger partial charge on any atom is -0.493 e. The summed E-state index contributed by atoms with van der Waals surface area (Å²) in [6.45, 7) is 2.53. The quantitative estimate of drug-likeness (QED) is 0.895. The fourth-order valence-electron chi connectivity index (χ4n) is 2.49. The number of ether oxygens (including phenoxy) is 1. The number of carbonyl (C=O) groups excluding carboxylic acids is 1. The van der Waals surface area contributed by atoms with Crippen LogP contribution in [0.25, 0.3) is 0 Å². The van der Waals surface area contributed by atoms with E-state index in [0.717, 1.165) is 30.8 Å². The molecular formula is C15H18N4O3. The van der Waals surface area contributed by atoms with Gasteiger partial charge in [-0.05, 0) is 37.0 Å². The second-order valence-electron chi connectivity index (χ2n) is 5.35. The molecule has 0 saturated carbocycles. The lowest BCUT2D eigenvalue weighted by molar-refractivity contribution is 0.245. The number of nitrogens with zero attached hydrogens (tertiary/aromatic N) is 2. The molecule has 3 N–H and O–H groups in total. The van der Waals surface area contributed by atoms with Crippen LogP contribution < -0.4 is 15.8 Å². The van der Waals surface area contributed by atoms with Crippen molar-refractivity contribution >= 4 is 6.03 Å². The van der Waals surface area contributed by atoms with Gasteiger partial charge in [-0.25, -0.2) is 4.79 Å². The molecule has 0 saturated heterocycles. The summed E-state index contributed by atoms with van der Waals surface area (Å²) >= 11 is 0. The number of primary amides is 1. The first-order valence-electron chi connectivity index (χ1n) is 7.25. The van der Waals surface area contributed by atoms with Crippen molar-refractivity contribution in [3.63, 3.8) is 0 Å². The minimum atomic E-state index is -0.617. The lowest BCUT2D eigenvalue weighted by atomic mass is 10.0. The number of aromatic nitrogens is 2. The summed E-state index contributed by atoms with van der Waals surface area (Å²) in [6, 6.07) is 5.10. The van der Waals surface area contributed by atoms with Gasteiger partial charge in [0.2, 0.25) is 5.89 Å². The maximum absolute atomic E-state index is 10.8. The van der Waals surface area contributed by atoms with E-state index in [9.17, 15) is 4.79 Å². The lowest BCUT2D eigenvalue weighted by Gasteiger charge is -2.17. The third-order valence-corrected chi connectivity index (χ3v) is 3.56. The maximum atomic E-state index is 10.8. The average molecular weight is 302 g/mol. The SMILES string of the molecule is CC(NC(N)=O)c1noc(Cc2ccc3c(c2)CCCO3)n1. The molecule has 1 aliphatic rings. The highest BCUT2D eigenvalue weighted by molar-refractivity contribution is 5.71. The molecule has 1 aromatic carbocycles. The van der Waals surface area contributed by atoms with Crippen LogP contribution in [0.1, 0.15) is 42.2 Å². The number of benzene rings is 1. The average Bonchev–Trinajstić information content (AvgIpc) is 2.95. The van der Waals surface area contributed by atoms with Crippen LogP contribution in [0.15, 0.2) is 22.7 Å². The Morgan fingerprint density at radius 3 is 3.18 bits per heavy atom. The van der Waals surface area contributed by atoms with Gasteiger partial charge in [0.25, 0.3) is 0 Å². The molecule has 0 aliphatic carbocycles. The highest BCUT2D eigenvalue weighted by atomic mass is 16.5. The molecule has 2 aromatic rings. The second kappa shape index (κ2) is 6.05. The highest BCUT2D eigenvalue weighted by Gasteiger charge is 2.16. The van der Waals surface area contributed by atoms with E-state index in [1.54, 1.807) is 6.92 Å². The smallest absolute Gasteiger partial charge is 0.312 e. The minimum absolute atomic E-state index is 0.382. The standard InChI is InChI=1S/C15H18N4O3/c1-9(17-15(16)20)14-18-13(22-19-14)8-10-4-5-12-11(7-10)3-2-6-21-12/h4-5,7,9H,2-3,6,8H2,1H3,(H3,16,17,20). The van der Waals surface area contributed by atoms with Crippen molar-refractivity contribution in [2.24, 2.45) is 5.73 Å². The van der Waals surface area contributed by atoms with E-state index < -0.39 is 6.03 Å². The van der Waals surface area contributed by atoms with Gasteiger partial charge in [0.15, 0.2) is 5.82 Å². The van der Waals surface area contributed by atoms with Crippen LogP contribution in [0.3, 0.4) is 0 Å². The van der Waals surface area contributed by atoms with Gasteiger partial charge in [-0.1, -0.05) is 17.3 Å². The fraction of sp³-hybridized carbons (Fsp3) is 0.400. The van der Waals surface area contributed by atoms with Crippen molar-refractivity contribution < 1.29 is 14.1 Å². The predicted molar refractivity (Wildman–Crippen MR) is 78.5 cm³/mol. The second-order valence-corrected chi connectivity index (χ2v) is 5.35. The number of nitrogens with one attached hydrogen (secondary N) is 1. The number of aryl methyl sites for hydroxylation is 1. The van der Waals surface area contributed by atoms with E-state index in [4.69, 9.17) is 15.0 Å². The highest BCUT2D eigenvalue weighted by Crippen LogP contribution is 2.26. The molecule has 3 rings (SSSR count). The Labute approximate surface area is 127 Å². The normalized spacial score (nSPS) is 14.8. The molecule has 0 bridgehead atoms. The molecule has 0 radical (unpaired) electrons. The summed E-state index contributed by atoms with van der Waals surface area (Å²) in [7, 11) is 0. The first kappa shape index (κ1) is 14.4. The Morgan fingerprint density at radius 2 is 2.36 bits per heavy atom. The molecule has 2 heterocycles. The van der Waals surface area contributed by atoms with Crippen LogP contribution in [-0.2, 0) is 12.8 Å². The number of fused-ring (bicyclic) bond motifs is 1. The predicted octanol–water partition coefficient (Wildman–Crippen LogP) is 1.71. The van der Waals surface area contributed by atoms with E-state index in [-0.39, 0.29) is 6.04 Å². The first-order valence-corrected chi connectivity index (χ1v) is 7.25. The van der Waals surface area contributed by atoms with Gasteiger partial charge in [0, 0.05) is 0 Å². The molecule has 2 amide bonds. The van der Waals surface area contributed by atoms with Crippen molar-refractivity contribution in [2.75, 3.05) is 6.61 Å². The molecule has 116 valence electrons. The van der Waals surface area contributed by atoms with Gasteiger partial charge in [-0.2, -0.15) is 4.98 Å². The molecule has 0 spiro atoms. The summed E-state index contributed by atoms with van der Waals surface area (Å²) in [5, 5.41) is 6.39. The van der Waals surface area contributed by atoms with Crippen LogP contribution in [0, 0.1) is 0 Å². The Hall–Kier alpha value is -2.57. The zero-order valence-corrected chi connectivity index (χ0v) is 12.3. The van der Waals surface area contributed by atoms with Crippen molar-refractivity contribution in [1.29, 1.82) is 0 Å². The molecule has 1 unspecified atom stereocenters. The monoisotopic (exact) mass is 302 g/mol. The molecule has 1 aromatic heterocycles. The van der Waals surface area contributed by atoms with Gasteiger partial charge < -0.3 is 20.3 Å². The van der Waals surface area contributed by atoms with Crippen LogP contribution in [-0.4, -0.2) is 22.8 Å². The Kier molecular flexibility index (Phi) is 3.95. The number of hydrogen-bond donors (Lipinski definition) is 2. The maximum Gasteiger partial charge on any atom is 0.312 e. The van der Waals surface area contributed by atoms with E-state index in [1.165, 1.54) is 5.56 Å². The van der Waals surface area contributed by atoms with Crippen LogP contribution in [0.4, 0.5) is 4.79 Å². The third-order valence-electron chi connectivity index (χ3n) is 3.56.